The van der Waals surface area contributed by atoms with Crippen LogP contribution in [0.15, 0.2) is 23.0 Å². The first-order valence-corrected chi connectivity index (χ1v) is 5.77. The molecule has 2 heteroatoms. The van der Waals surface area contributed by atoms with E-state index in [-0.39, 0.29) is 5.54 Å². The molecule has 0 aromatic carbocycles. The van der Waals surface area contributed by atoms with Crippen LogP contribution in [0.5, 0.6) is 0 Å². The van der Waals surface area contributed by atoms with Gasteiger partial charge in [0, 0.05) is 5.54 Å². The van der Waals surface area contributed by atoms with Gasteiger partial charge in [-0.1, -0.05) is 13.3 Å². The van der Waals surface area contributed by atoms with Crippen molar-refractivity contribution in [3.8, 4) is 0 Å². The molecule has 0 spiro atoms. The lowest BCUT2D eigenvalue weighted by atomic mass is 9.97. The van der Waals surface area contributed by atoms with E-state index < -0.39 is 0 Å². The van der Waals surface area contributed by atoms with Crippen LogP contribution in [0.25, 0.3) is 0 Å². The van der Waals surface area contributed by atoms with Gasteiger partial charge in [-0.15, -0.1) is 0 Å². The van der Waals surface area contributed by atoms with Crippen LogP contribution in [0, 0.1) is 5.92 Å². The van der Waals surface area contributed by atoms with Crippen LogP contribution in [0.1, 0.15) is 39.7 Å². The summed E-state index contributed by atoms with van der Waals surface area (Å²) >= 11 is 0. The molecule has 15 heavy (non-hydrogen) atoms. The van der Waals surface area contributed by atoms with Gasteiger partial charge in [-0.3, -0.25) is 0 Å². The fourth-order valence-corrected chi connectivity index (χ4v) is 1.55. The highest BCUT2D eigenvalue weighted by Crippen LogP contribution is 2.13. The van der Waals surface area contributed by atoms with Crippen LogP contribution in [0.4, 0.5) is 0 Å². The minimum atomic E-state index is 0.212. The van der Waals surface area contributed by atoms with E-state index in [0.717, 1.165) is 13.0 Å². The Morgan fingerprint density at radius 2 is 2.13 bits per heavy atom. The molecule has 1 aromatic heterocycles. The van der Waals surface area contributed by atoms with Crippen molar-refractivity contribution in [3.63, 3.8) is 0 Å². The predicted octanol–water partition coefficient (Wildman–Crippen LogP) is 3.24. The van der Waals surface area contributed by atoms with Crippen molar-refractivity contribution in [2.75, 3.05) is 6.54 Å². The number of nitrogens with one attached hydrogen (secondary N) is 1. The summed E-state index contributed by atoms with van der Waals surface area (Å²) in [6.45, 7) is 9.94. The second-order valence-corrected chi connectivity index (χ2v) is 5.24. The van der Waals surface area contributed by atoms with Crippen molar-refractivity contribution in [2.24, 2.45) is 5.92 Å². The zero-order valence-corrected chi connectivity index (χ0v) is 10.3. The molecule has 0 radical (unpaired) electrons. The molecule has 1 unspecified atom stereocenters. The lowest BCUT2D eigenvalue weighted by molar-refractivity contribution is 0.362. The Kier molecular flexibility index (Phi) is 4.40. The van der Waals surface area contributed by atoms with Crippen LogP contribution in [0.2, 0.25) is 0 Å². The summed E-state index contributed by atoms with van der Waals surface area (Å²) in [6.07, 6.45) is 5.91. The van der Waals surface area contributed by atoms with Gasteiger partial charge >= 0.3 is 0 Å². The van der Waals surface area contributed by atoms with Gasteiger partial charge in [0.05, 0.1) is 12.5 Å². The molecule has 0 aliphatic rings. The smallest absolute Gasteiger partial charge is 0.0934 e. The lowest BCUT2D eigenvalue weighted by Crippen LogP contribution is -2.39. The molecule has 0 saturated heterocycles. The Labute approximate surface area is 93.1 Å². The molecule has 1 rings (SSSR count). The predicted molar refractivity (Wildman–Crippen MR) is 63.9 cm³/mol. The van der Waals surface area contributed by atoms with E-state index in [1.165, 1.54) is 12.0 Å². The van der Waals surface area contributed by atoms with E-state index in [9.17, 15) is 0 Å². The minimum Gasteiger partial charge on any atom is -0.472 e. The summed E-state index contributed by atoms with van der Waals surface area (Å²) in [7, 11) is 0. The van der Waals surface area contributed by atoms with Crippen molar-refractivity contribution in [1.29, 1.82) is 0 Å². The van der Waals surface area contributed by atoms with Gasteiger partial charge in [-0.05, 0) is 51.3 Å². The van der Waals surface area contributed by atoms with Gasteiger partial charge in [0.15, 0.2) is 0 Å². The monoisotopic (exact) mass is 209 g/mol. The summed E-state index contributed by atoms with van der Waals surface area (Å²) in [5, 5.41) is 3.55. The van der Waals surface area contributed by atoms with E-state index in [1.807, 2.05) is 6.26 Å². The van der Waals surface area contributed by atoms with Gasteiger partial charge in [0.2, 0.25) is 0 Å². The standard InChI is InChI=1S/C13H23NO/c1-5-11(9-14-13(2,3)4)8-12-6-7-15-10-12/h6-7,10-11,14H,5,8-9H2,1-4H3. The Morgan fingerprint density at radius 3 is 2.60 bits per heavy atom. The Balaban J connectivity index is 2.36. The third kappa shape index (κ3) is 5.03. The molecule has 1 N–H and O–H groups in total. The molecule has 86 valence electrons. The van der Waals surface area contributed by atoms with Crippen LogP contribution < -0.4 is 5.32 Å². The minimum absolute atomic E-state index is 0.212. The third-order valence-corrected chi connectivity index (χ3v) is 2.60. The molecule has 2 nitrogen and oxygen atoms in total. The Bertz CT molecular complexity index is 259. The summed E-state index contributed by atoms with van der Waals surface area (Å²) in [4.78, 5) is 0. The van der Waals surface area contributed by atoms with Gasteiger partial charge in [0.1, 0.15) is 0 Å². The Morgan fingerprint density at radius 1 is 1.40 bits per heavy atom. The Hall–Kier alpha value is -0.760. The van der Waals surface area contributed by atoms with Crippen molar-refractivity contribution in [2.45, 2.75) is 46.1 Å². The van der Waals surface area contributed by atoms with E-state index >= 15 is 0 Å². The topological polar surface area (TPSA) is 25.2 Å². The maximum atomic E-state index is 5.08. The van der Waals surface area contributed by atoms with E-state index in [0.29, 0.717) is 5.92 Å². The highest BCUT2D eigenvalue weighted by Gasteiger charge is 2.13. The molecule has 1 heterocycles. The van der Waals surface area contributed by atoms with Crippen molar-refractivity contribution < 1.29 is 4.42 Å². The first-order chi connectivity index (χ1) is 7.01. The zero-order valence-electron chi connectivity index (χ0n) is 10.3. The fraction of sp³-hybridized carbons (Fsp3) is 0.692. The highest BCUT2D eigenvalue weighted by molar-refractivity contribution is 5.06. The average molecular weight is 209 g/mol. The molecule has 0 amide bonds. The maximum Gasteiger partial charge on any atom is 0.0934 e. The highest BCUT2D eigenvalue weighted by atomic mass is 16.3. The normalized spacial score (nSPS) is 14.1. The molecular formula is C13H23NO. The van der Waals surface area contributed by atoms with E-state index in [2.05, 4.69) is 39.1 Å². The van der Waals surface area contributed by atoms with Crippen LogP contribution >= 0.6 is 0 Å². The van der Waals surface area contributed by atoms with Crippen molar-refractivity contribution in [3.05, 3.63) is 24.2 Å². The number of rotatable bonds is 5. The fourth-order valence-electron chi connectivity index (χ4n) is 1.55. The van der Waals surface area contributed by atoms with E-state index in [4.69, 9.17) is 4.42 Å². The largest absolute Gasteiger partial charge is 0.472 e. The molecule has 1 atom stereocenters. The quantitative estimate of drug-likeness (QED) is 0.805. The summed E-state index contributed by atoms with van der Waals surface area (Å²) in [5.41, 5.74) is 1.52. The molecular weight excluding hydrogens is 186 g/mol. The first kappa shape index (κ1) is 12.3. The number of hydrogen-bond acceptors (Lipinski definition) is 2. The SMILES string of the molecule is CCC(CNC(C)(C)C)Cc1ccoc1. The van der Waals surface area contributed by atoms with Crippen molar-refractivity contribution >= 4 is 0 Å². The van der Waals surface area contributed by atoms with Gasteiger partial charge in [-0.2, -0.15) is 0 Å². The number of furan rings is 1. The average Bonchev–Trinajstić information content (AvgIpc) is 2.63. The van der Waals surface area contributed by atoms with Gasteiger partial charge in [0.25, 0.3) is 0 Å². The van der Waals surface area contributed by atoms with Crippen LogP contribution in [-0.4, -0.2) is 12.1 Å². The molecule has 1 aromatic rings. The second kappa shape index (κ2) is 5.36. The lowest BCUT2D eigenvalue weighted by Gasteiger charge is -2.24. The van der Waals surface area contributed by atoms with Gasteiger partial charge in [-0.25, -0.2) is 0 Å². The number of hydrogen-bond donors (Lipinski definition) is 1. The van der Waals surface area contributed by atoms with E-state index in [1.54, 1.807) is 6.26 Å². The summed E-state index contributed by atoms with van der Waals surface area (Å²) in [5.74, 6) is 0.696. The summed E-state index contributed by atoms with van der Waals surface area (Å²) in [6, 6.07) is 2.06. The second-order valence-electron chi connectivity index (χ2n) is 5.24. The first-order valence-electron chi connectivity index (χ1n) is 5.77. The van der Waals surface area contributed by atoms with Crippen LogP contribution in [0.3, 0.4) is 0 Å². The van der Waals surface area contributed by atoms with Crippen LogP contribution in [-0.2, 0) is 6.42 Å². The summed E-state index contributed by atoms with van der Waals surface area (Å²) < 4.78 is 5.08. The molecule has 0 aliphatic carbocycles. The van der Waals surface area contributed by atoms with Crippen molar-refractivity contribution in [1.82, 2.24) is 5.32 Å². The molecule has 0 bridgehead atoms. The molecule has 0 fully saturated rings. The molecule has 0 aliphatic heterocycles. The third-order valence-electron chi connectivity index (χ3n) is 2.60. The van der Waals surface area contributed by atoms with Gasteiger partial charge < -0.3 is 9.73 Å². The maximum absolute atomic E-state index is 5.08. The molecule has 0 saturated carbocycles. The zero-order chi connectivity index (χ0) is 11.3.